The molecule has 1 aromatic heterocycles. The van der Waals surface area contributed by atoms with Crippen molar-refractivity contribution in [1.82, 2.24) is 9.97 Å². The zero-order valence-electron chi connectivity index (χ0n) is 21.9. The fourth-order valence-electron chi connectivity index (χ4n) is 2.87. The number of aromatic amines is 1. The van der Waals surface area contributed by atoms with E-state index in [1.807, 2.05) is 13.8 Å². The van der Waals surface area contributed by atoms with Gasteiger partial charge in [0.1, 0.15) is 0 Å². The molecule has 0 unspecified atom stereocenters. The zero-order valence-corrected chi connectivity index (χ0v) is 25.7. The summed E-state index contributed by atoms with van der Waals surface area (Å²) < 4.78 is 42.6. The first-order valence-corrected chi connectivity index (χ1v) is 12.9. The number of aliphatic carboxylic acids is 1. The van der Waals surface area contributed by atoms with Gasteiger partial charge in [-0.3, -0.25) is 0 Å². The normalized spacial score (nSPS) is 14.0. The molecule has 18 heteroatoms. The van der Waals surface area contributed by atoms with Gasteiger partial charge in [0.15, 0.2) is 11.7 Å². The van der Waals surface area contributed by atoms with Crippen LogP contribution in [-0.4, -0.2) is 58.7 Å². The molecule has 1 aliphatic rings. The standard InChI is InChI=1S/C12H15Cl2N3O2.C10H9Cl2N3.C2HF3O2.ClH/c1-12(18-5-6-19-12)7-16-11(15)17-10-8(13)3-2-4-9(10)14;1-6-5-13-10(14-6)15-9-7(11)3-2-4-8(9)12;3-2(4,5)1(6)7;/h2-4H,5-7H2,1H3,(H3,15,16,17);2-5H,1H3,(H2,13,14,15);(H,6,7);1H. The van der Waals surface area contributed by atoms with Gasteiger partial charge < -0.3 is 35.9 Å². The maximum atomic E-state index is 10.6. The molecular formula is C24H26Cl5F3N6O4. The van der Waals surface area contributed by atoms with E-state index in [0.29, 0.717) is 57.2 Å². The van der Waals surface area contributed by atoms with E-state index in [1.54, 1.807) is 42.6 Å². The average Bonchev–Trinajstić information content (AvgIpc) is 3.51. The number of para-hydroxylation sites is 2. The molecule has 2 heterocycles. The van der Waals surface area contributed by atoms with Gasteiger partial charge in [0.25, 0.3) is 0 Å². The molecule has 0 spiro atoms. The van der Waals surface area contributed by atoms with Crippen LogP contribution in [0.25, 0.3) is 0 Å². The second-order valence-electron chi connectivity index (χ2n) is 8.19. The Morgan fingerprint density at radius 3 is 1.93 bits per heavy atom. The number of guanidine groups is 1. The third-order valence-electron chi connectivity index (χ3n) is 4.80. The lowest BCUT2D eigenvalue weighted by Crippen LogP contribution is -2.32. The molecule has 4 rings (SSSR count). The van der Waals surface area contributed by atoms with Crippen molar-refractivity contribution in [2.45, 2.75) is 25.8 Å². The number of aromatic nitrogens is 2. The summed E-state index contributed by atoms with van der Waals surface area (Å²) in [4.78, 5) is 20.2. The number of nitrogens with one attached hydrogen (secondary N) is 3. The number of hydrogen-bond donors (Lipinski definition) is 5. The van der Waals surface area contributed by atoms with Crippen LogP contribution >= 0.6 is 58.8 Å². The number of hydrogen-bond acceptors (Lipinski definition) is 6. The molecular weight excluding hydrogens is 671 g/mol. The highest BCUT2D eigenvalue weighted by atomic mass is 35.5. The van der Waals surface area contributed by atoms with E-state index in [4.69, 9.17) is 71.5 Å². The largest absolute Gasteiger partial charge is 0.490 e. The quantitative estimate of drug-likeness (QED) is 0.138. The molecule has 0 aliphatic carbocycles. The smallest absolute Gasteiger partial charge is 0.475 e. The van der Waals surface area contributed by atoms with Crippen LogP contribution in [-0.2, 0) is 14.3 Å². The highest BCUT2D eigenvalue weighted by Gasteiger charge is 2.38. The van der Waals surface area contributed by atoms with Crippen LogP contribution in [0.2, 0.25) is 20.1 Å². The highest BCUT2D eigenvalue weighted by Crippen LogP contribution is 2.32. The number of ether oxygens (including phenoxy) is 2. The van der Waals surface area contributed by atoms with E-state index in [2.05, 4.69) is 25.6 Å². The van der Waals surface area contributed by atoms with Gasteiger partial charge in [0, 0.05) is 11.9 Å². The number of rotatable bonds is 5. The van der Waals surface area contributed by atoms with Gasteiger partial charge in [-0.2, -0.15) is 13.2 Å². The lowest BCUT2D eigenvalue weighted by atomic mass is 10.3. The minimum Gasteiger partial charge on any atom is -0.475 e. The molecule has 6 N–H and O–H groups in total. The lowest BCUT2D eigenvalue weighted by Gasteiger charge is -2.20. The van der Waals surface area contributed by atoms with Crippen molar-refractivity contribution in [3.8, 4) is 0 Å². The number of carbonyl (C=O) groups is 1. The van der Waals surface area contributed by atoms with Crippen molar-refractivity contribution in [2.75, 3.05) is 30.4 Å². The number of carboxylic acid groups (broad SMARTS) is 1. The van der Waals surface area contributed by atoms with E-state index < -0.39 is 17.9 Å². The molecule has 1 fully saturated rings. The van der Waals surface area contributed by atoms with Crippen LogP contribution in [0.3, 0.4) is 0 Å². The fraction of sp³-hybridized carbons (Fsp3) is 0.292. The summed E-state index contributed by atoms with van der Waals surface area (Å²) in [5.41, 5.74) is 7.96. The van der Waals surface area contributed by atoms with Crippen molar-refractivity contribution in [3.63, 3.8) is 0 Å². The van der Waals surface area contributed by atoms with Crippen LogP contribution in [0.1, 0.15) is 12.6 Å². The number of imidazole rings is 1. The maximum absolute atomic E-state index is 10.6. The fourth-order valence-corrected chi connectivity index (χ4v) is 3.86. The molecule has 10 nitrogen and oxygen atoms in total. The number of benzene rings is 2. The molecule has 0 radical (unpaired) electrons. The van der Waals surface area contributed by atoms with Crippen molar-refractivity contribution in [2.24, 2.45) is 10.7 Å². The average molecular weight is 697 g/mol. The summed E-state index contributed by atoms with van der Waals surface area (Å²) in [6.45, 7) is 5.17. The van der Waals surface area contributed by atoms with Crippen LogP contribution in [0.4, 0.5) is 30.5 Å². The van der Waals surface area contributed by atoms with Crippen LogP contribution < -0.4 is 16.4 Å². The summed E-state index contributed by atoms with van der Waals surface area (Å²) in [6, 6.07) is 10.5. The van der Waals surface area contributed by atoms with Gasteiger partial charge >= 0.3 is 12.1 Å². The Kier molecular flexibility index (Phi) is 15.0. The molecule has 1 saturated heterocycles. The van der Waals surface area contributed by atoms with Gasteiger partial charge in [0.2, 0.25) is 5.95 Å². The Labute approximate surface area is 265 Å². The van der Waals surface area contributed by atoms with Gasteiger partial charge in [-0.1, -0.05) is 58.5 Å². The number of nitrogens with zero attached hydrogens (tertiary/aromatic N) is 2. The van der Waals surface area contributed by atoms with Crippen LogP contribution in [0.15, 0.2) is 47.6 Å². The Hall–Kier alpha value is -2.65. The van der Waals surface area contributed by atoms with E-state index in [-0.39, 0.29) is 18.4 Å². The number of alkyl halides is 3. The van der Waals surface area contributed by atoms with Crippen molar-refractivity contribution in [3.05, 3.63) is 68.4 Å². The first-order valence-electron chi connectivity index (χ1n) is 11.4. The minimum absolute atomic E-state index is 0. The molecule has 3 aromatic rings. The second kappa shape index (κ2) is 16.8. The Bertz CT molecular complexity index is 1310. The second-order valence-corrected chi connectivity index (χ2v) is 9.82. The molecule has 0 saturated carbocycles. The molecule has 42 heavy (non-hydrogen) atoms. The topological polar surface area (TPSA) is 147 Å². The maximum Gasteiger partial charge on any atom is 0.490 e. The zero-order chi connectivity index (χ0) is 30.8. The number of nitrogens with two attached hydrogens (primary N) is 1. The van der Waals surface area contributed by atoms with Crippen LogP contribution in [0.5, 0.6) is 0 Å². The minimum atomic E-state index is -5.08. The van der Waals surface area contributed by atoms with E-state index in [0.717, 1.165) is 5.69 Å². The predicted molar refractivity (Wildman–Crippen MR) is 161 cm³/mol. The van der Waals surface area contributed by atoms with E-state index in [1.165, 1.54) is 0 Å². The predicted octanol–water partition coefficient (Wildman–Crippen LogP) is 7.31. The SMILES string of the molecule is CC1(CN=C(N)Nc2c(Cl)cccc2Cl)OCCO1.Cc1cnc(Nc2c(Cl)cccc2Cl)[nH]1.Cl.O=C(O)C(F)(F)F. The molecule has 0 atom stereocenters. The number of halogens is 8. The van der Waals surface area contributed by atoms with E-state index in [9.17, 15) is 13.2 Å². The summed E-state index contributed by atoms with van der Waals surface area (Å²) in [5, 5.41) is 15.1. The first kappa shape index (κ1) is 37.4. The highest BCUT2D eigenvalue weighted by molar-refractivity contribution is 6.40. The third kappa shape index (κ3) is 12.3. The summed E-state index contributed by atoms with van der Waals surface area (Å²) in [7, 11) is 0. The summed E-state index contributed by atoms with van der Waals surface area (Å²) >= 11 is 24.0. The Morgan fingerprint density at radius 1 is 1.07 bits per heavy atom. The Balaban J connectivity index is 0.000000343. The monoisotopic (exact) mass is 694 g/mol. The summed E-state index contributed by atoms with van der Waals surface area (Å²) in [6.07, 6.45) is -3.35. The molecule has 232 valence electrons. The molecule has 0 bridgehead atoms. The lowest BCUT2D eigenvalue weighted by molar-refractivity contribution is -0.192. The van der Waals surface area contributed by atoms with Crippen molar-refractivity contribution in [1.29, 1.82) is 0 Å². The number of H-pyrrole nitrogens is 1. The number of aryl methyl sites for hydroxylation is 1. The molecule has 2 aromatic carbocycles. The number of carboxylic acids is 1. The number of aliphatic imine (C=N–C) groups is 1. The molecule has 1 aliphatic heterocycles. The Morgan fingerprint density at radius 2 is 1.52 bits per heavy atom. The van der Waals surface area contributed by atoms with Crippen molar-refractivity contribution < 1.29 is 32.5 Å². The first-order chi connectivity index (χ1) is 19.1. The van der Waals surface area contributed by atoms with Gasteiger partial charge in [-0.15, -0.1) is 12.4 Å². The van der Waals surface area contributed by atoms with Gasteiger partial charge in [-0.05, 0) is 38.1 Å². The van der Waals surface area contributed by atoms with Crippen LogP contribution in [0, 0.1) is 6.92 Å². The van der Waals surface area contributed by atoms with Gasteiger partial charge in [0.05, 0.1) is 51.2 Å². The third-order valence-corrected chi connectivity index (χ3v) is 6.06. The summed E-state index contributed by atoms with van der Waals surface area (Å²) in [5.74, 6) is -2.64. The molecule has 0 amide bonds. The van der Waals surface area contributed by atoms with Crippen molar-refractivity contribution >= 4 is 88.1 Å². The van der Waals surface area contributed by atoms with Gasteiger partial charge in [-0.25, -0.2) is 14.8 Å². The van der Waals surface area contributed by atoms with E-state index >= 15 is 0 Å². The number of anilines is 3.